The summed E-state index contributed by atoms with van der Waals surface area (Å²) in [6, 6.07) is 5.92. The van der Waals surface area contributed by atoms with Gasteiger partial charge in [-0.2, -0.15) is 0 Å². The molecule has 0 saturated carbocycles. The molecule has 1 fully saturated rings. The van der Waals surface area contributed by atoms with Gasteiger partial charge in [0.05, 0.1) is 18.7 Å². The molecule has 1 aromatic rings. The number of nitrogens with two attached hydrogens (primary N) is 1. The van der Waals surface area contributed by atoms with E-state index >= 15 is 0 Å². The Kier molecular flexibility index (Phi) is 6.34. The highest BCUT2D eigenvalue weighted by molar-refractivity contribution is 6.32. The maximum absolute atomic E-state index is 6.10. The van der Waals surface area contributed by atoms with E-state index in [9.17, 15) is 0 Å². The van der Waals surface area contributed by atoms with Gasteiger partial charge in [0.25, 0.3) is 0 Å². The summed E-state index contributed by atoms with van der Waals surface area (Å²) in [6.07, 6.45) is 3.67. The van der Waals surface area contributed by atoms with Crippen LogP contribution in [0.1, 0.15) is 26.2 Å². The van der Waals surface area contributed by atoms with E-state index in [1.165, 1.54) is 25.9 Å². The van der Waals surface area contributed by atoms with Crippen LogP contribution in [0.3, 0.4) is 0 Å². The Morgan fingerprint density at radius 1 is 1.45 bits per heavy atom. The topological polar surface area (TPSA) is 62.9 Å². The Hall–Kier alpha value is -1.46. The van der Waals surface area contributed by atoms with Crippen molar-refractivity contribution in [3.05, 3.63) is 23.2 Å². The van der Waals surface area contributed by atoms with Gasteiger partial charge < -0.3 is 15.8 Å². The number of hydrogen-bond donors (Lipinski definition) is 2. The highest BCUT2D eigenvalue weighted by atomic mass is 35.5. The Morgan fingerprint density at radius 3 is 2.77 bits per heavy atom. The normalized spacial score (nSPS) is 17.5. The number of halogens is 1. The van der Waals surface area contributed by atoms with Gasteiger partial charge in [-0.15, -0.1) is 0 Å². The molecular weight excluding hydrogens is 300 g/mol. The smallest absolute Gasteiger partial charge is 0.193 e. The van der Waals surface area contributed by atoms with Crippen LogP contribution in [0.5, 0.6) is 5.75 Å². The van der Waals surface area contributed by atoms with Crippen molar-refractivity contribution in [2.24, 2.45) is 10.7 Å². The highest BCUT2D eigenvalue weighted by Gasteiger charge is 2.19. The summed E-state index contributed by atoms with van der Waals surface area (Å²) in [5.41, 5.74) is 6.78. The Bertz CT molecular complexity index is 515. The van der Waals surface area contributed by atoms with E-state index in [-0.39, 0.29) is 0 Å². The summed E-state index contributed by atoms with van der Waals surface area (Å²) in [5.74, 6) is 1.06. The number of ether oxygens (including phenoxy) is 1. The minimum atomic E-state index is 0.416. The van der Waals surface area contributed by atoms with Gasteiger partial charge >= 0.3 is 0 Å². The van der Waals surface area contributed by atoms with Gasteiger partial charge in [-0.3, -0.25) is 9.89 Å². The van der Waals surface area contributed by atoms with Crippen molar-refractivity contribution in [2.75, 3.05) is 32.1 Å². The number of guanidine groups is 1. The number of nitrogens with zero attached hydrogens (tertiary/aromatic N) is 2. The molecule has 3 N–H and O–H groups in total. The highest BCUT2D eigenvalue weighted by Crippen LogP contribution is 2.27. The fourth-order valence-corrected chi connectivity index (χ4v) is 3.00. The molecule has 1 unspecified atom stereocenters. The van der Waals surface area contributed by atoms with Crippen LogP contribution in [0.2, 0.25) is 5.02 Å². The van der Waals surface area contributed by atoms with Crippen molar-refractivity contribution in [3.8, 4) is 5.75 Å². The van der Waals surface area contributed by atoms with Crippen molar-refractivity contribution in [2.45, 2.75) is 32.2 Å². The molecule has 122 valence electrons. The Morgan fingerprint density at radius 2 is 2.18 bits per heavy atom. The molecule has 1 heterocycles. The molecule has 2 rings (SSSR count). The van der Waals surface area contributed by atoms with Crippen LogP contribution in [0, 0.1) is 0 Å². The van der Waals surface area contributed by atoms with Gasteiger partial charge in [0.15, 0.2) is 5.96 Å². The second kappa shape index (κ2) is 8.25. The van der Waals surface area contributed by atoms with Crippen molar-refractivity contribution >= 4 is 23.2 Å². The monoisotopic (exact) mass is 324 g/mol. The number of hydrogen-bond acceptors (Lipinski definition) is 3. The van der Waals surface area contributed by atoms with Crippen LogP contribution >= 0.6 is 11.6 Å². The molecule has 22 heavy (non-hydrogen) atoms. The number of aliphatic imine (C=N–C) groups is 1. The minimum Gasteiger partial charge on any atom is -0.495 e. The standard InChI is InChI=1S/C16H25ClN4O/c1-3-13(21-8-4-5-9-21)11-19-16(18)20-12-6-7-15(22-2)14(17)10-12/h6-7,10,13H,3-5,8-9,11H2,1-2H3,(H3,18,19,20). The molecule has 0 amide bonds. The summed E-state index contributed by atoms with van der Waals surface area (Å²) < 4.78 is 5.13. The van der Waals surface area contributed by atoms with Crippen molar-refractivity contribution in [3.63, 3.8) is 0 Å². The number of likely N-dealkylation sites (tertiary alicyclic amines) is 1. The van der Waals surface area contributed by atoms with Gasteiger partial charge in [-0.05, 0) is 50.6 Å². The van der Waals surface area contributed by atoms with Crippen LogP contribution in [0.25, 0.3) is 0 Å². The van der Waals surface area contributed by atoms with Crippen molar-refractivity contribution in [1.29, 1.82) is 0 Å². The Balaban J connectivity index is 1.92. The summed E-state index contributed by atoms with van der Waals surface area (Å²) in [4.78, 5) is 6.98. The first kappa shape index (κ1) is 16.9. The summed E-state index contributed by atoms with van der Waals surface area (Å²) in [5, 5.41) is 3.62. The third-order valence-electron chi connectivity index (χ3n) is 4.02. The fourth-order valence-electron chi connectivity index (χ4n) is 2.74. The van der Waals surface area contributed by atoms with Gasteiger partial charge in [-0.25, -0.2) is 0 Å². The maximum atomic E-state index is 6.10. The first-order valence-electron chi connectivity index (χ1n) is 7.78. The first-order chi connectivity index (χ1) is 10.6. The molecule has 0 bridgehead atoms. The average Bonchev–Trinajstić information content (AvgIpc) is 3.02. The summed E-state index contributed by atoms with van der Waals surface area (Å²) >= 11 is 6.10. The third-order valence-corrected chi connectivity index (χ3v) is 4.32. The SMILES string of the molecule is CCC(CN=C(N)Nc1ccc(OC)c(Cl)c1)N1CCCC1. The molecule has 0 aliphatic carbocycles. The summed E-state index contributed by atoms with van der Waals surface area (Å²) in [6.45, 7) is 5.27. The molecule has 0 spiro atoms. The molecule has 0 aromatic heterocycles. The van der Waals surface area contributed by atoms with E-state index in [1.807, 2.05) is 6.07 Å². The molecule has 1 aliphatic heterocycles. The van der Waals surface area contributed by atoms with Crippen LogP contribution in [0.4, 0.5) is 5.69 Å². The molecule has 6 heteroatoms. The van der Waals surface area contributed by atoms with Crippen molar-refractivity contribution in [1.82, 2.24) is 4.90 Å². The van der Waals surface area contributed by atoms with Crippen LogP contribution < -0.4 is 15.8 Å². The summed E-state index contributed by atoms with van der Waals surface area (Å²) in [7, 11) is 1.59. The lowest BCUT2D eigenvalue weighted by atomic mass is 10.2. The predicted molar refractivity (Wildman–Crippen MR) is 93.0 cm³/mol. The van der Waals surface area contributed by atoms with E-state index < -0.39 is 0 Å². The lowest BCUT2D eigenvalue weighted by Gasteiger charge is -2.24. The maximum Gasteiger partial charge on any atom is 0.193 e. The van der Waals surface area contributed by atoms with Gasteiger partial charge in [0, 0.05) is 11.7 Å². The average molecular weight is 325 g/mol. The molecule has 5 nitrogen and oxygen atoms in total. The van der Waals surface area contributed by atoms with Gasteiger partial charge in [0.1, 0.15) is 5.75 Å². The second-order valence-electron chi connectivity index (χ2n) is 5.51. The van der Waals surface area contributed by atoms with E-state index in [0.29, 0.717) is 22.8 Å². The molecule has 1 aromatic carbocycles. The van der Waals surface area contributed by atoms with E-state index in [2.05, 4.69) is 22.1 Å². The predicted octanol–water partition coefficient (Wildman–Crippen LogP) is 2.95. The van der Waals surface area contributed by atoms with Gasteiger partial charge in [-0.1, -0.05) is 18.5 Å². The van der Waals surface area contributed by atoms with E-state index in [0.717, 1.165) is 18.7 Å². The number of methoxy groups -OCH3 is 1. The number of nitrogens with one attached hydrogen (secondary N) is 1. The largest absolute Gasteiger partial charge is 0.495 e. The molecule has 1 aliphatic rings. The zero-order valence-corrected chi connectivity index (χ0v) is 14.1. The minimum absolute atomic E-state index is 0.416. The van der Waals surface area contributed by atoms with Crippen LogP contribution in [-0.4, -0.2) is 43.6 Å². The zero-order chi connectivity index (χ0) is 15.9. The number of anilines is 1. The van der Waals surface area contributed by atoms with E-state index in [1.54, 1.807) is 19.2 Å². The first-order valence-corrected chi connectivity index (χ1v) is 8.16. The molecule has 0 radical (unpaired) electrons. The third kappa shape index (κ3) is 4.52. The number of rotatable bonds is 6. The lowest BCUT2D eigenvalue weighted by molar-refractivity contribution is 0.242. The quantitative estimate of drug-likeness (QED) is 0.624. The zero-order valence-electron chi connectivity index (χ0n) is 13.3. The molecular formula is C16H25ClN4O. The Labute approximate surface area is 137 Å². The van der Waals surface area contributed by atoms with Crippen molar-refractivity contribution < 1.29 is 4.74 Å². The molecule has 1 atom stereocenters. The number of benzene rings is 1. The van der Waals surface area contributed by atoms with Gasteiger partial charge in [0.2, 0.25) is 0 Å². The van der Waals surface area contributed by atoms with Crippen LogP contribution in [0.15, 0.2) is 23.2 Å². The van der Waals surface area contributed by atoms with E-state index in [4.69, 9.17) is 22.1 Å². The molecule has 1 saturated heterocycles. The second-order valence-corrected chi connectivity index (χ2v) is 5.91. The lowest BCUT2D eigenvalue weighted by Crippen LogP contribution is -2.35. The van der Waals surface area contributed by atoms with Crippen LogP contribution in [-0.2, 0) is 0 Å². The fraction of sp³-hybridized carbons (Fsp3) is 0.562.